The molecule has 0 bridgehead atoms. The Morgan fingerprint density at radius 3 is 2.13 bits per heavy atom. The number of amides is 2. The zero-order valence-corrected chi connectivity index (χ0v) is 24.9. The van der Waals surface area contributed by atoms with E-state index in [1.54, 1.807) is 31.2 Å². The Morgan fingerprint density at radius 1 is 0.949 bits per heavy atom. The van der Waals surface area contributed by atoms with E-state index < -0.39 is 28.5 Å². The number of anilines is 1. The van der Waals surface area contributed by atoms with Crippen molar-refractivity contribution in [1.82, 2.24) is 10.2 Å². The molecule has 3 rings (SSSR count). The molecule has 1 atom stereocenters. The van der Waals surface area contributed by atoms with Gasteiger partial charge in [0.2, 0.25) is 11.8 Å². The zero-order chi connectivity index (χ0) is 28.7. The van der Waals surface area contributed by atoms with E-state index in [1.807, 2.05) is 31.2 Å². The van der Waals surface area contributed by atoms with Crippen LogP contribution in [-0.4, -0.2) is 59.0 Å². The Bertz CT molecular complexity index is 1410. The lowest BCUT2D eigenvalue weighted by atomic mass is 10.1. The van der Waals surface area contributed by atoms with Gasteiger partial charge in [-0.2, -0.15) is 0 Å². The number of carbonyl (C=O) groups is 2. The molecule has 0 aliphatic heterocycles. The number of hydrogen-bond acceptors (Lipinski definition) is 6. The molecular weight excluding hydrogens is 586 g/mol. The SMILES string of the molecule is CNC(=O)[C@@H](C)N(Cc1ccc(Br)cc1)C(=O)CN(c1ccc(OC)c(OC)c1)S(=O)(=O)c1ccc(C)cc1. The van der Waals surface area contributed by atoms with Crippen LogP contribution in [0.3, 0.4) is 0 Å². The summed E-state index contributed by atoms with van der Waals surface area (Å²) in [6.07, 6.45) is 0. The number of ether oxygens (including phenoxy) is 2. The van der Waals surface area contributed by atoms with Gasteiger partial charge >= 0.3 is 0 Å². The van der Waals surface area contributed by atoms with Crippen molar-refractivity contribution in [2.75, 3.05) is 32.1 Å². The number of halogens is 1. The number of sulfonamides is 1. The fourth-order valence-electron chi connectivity index (χ4n) is 3.92. The molecule has 11 heteroatoms. The number of aryl methyl sites for hydroxylation is 1. The number of carbonyl (C=O) groups excluding carboxylic acids is 2. The van der Waals surface area contributed by atoms with Crippen LogP contribution in [0.4, 0.5) is 5.69 Å². The molecule has 0 saturated carbocycles. The number of nitrogens with zero attached hydrogens (tertiary/aromatic N) is 2. The molecule has 208 valence electrons. The lowest BCUT2D eigenvalue weighted by Gasteiger charge is -2.32. The number of benzene rings is 3. The van der Waals surface area contributed by atoms with Gasteiger partial charge in [0.05, 0.1) is 24.8 Å². The highest BCUT2D eigenvalue weighted by atomic mass is 79.9. The van der Waals surface area contributed by atoms with Gasteiger partial charge < -0.3 is 19.7 Å². The molecule has 0 heterocycles. The first-order valence-electron chi connectivity index (χ1n) is 12.1. The van der Waals surface area contributed by atoms with Gasteiger partial charge in [-0.1, -0.05) is 45.8 Å². The quantitative estimate of drug-likeness (QED) is 0.347. The molecule has 0 aromatic heterocycles. The average molecular weight is 619 g/mol. The lowest BCUT2D eigenvalue weighted by Crippen LogP contribution is -2.50. The summed E-state index contributed by atoms with van der Waals surface area (Å²) < 4.78 is 40.4. The van der Waals surface area contributed by atoms with E-state index in [0.29, 0.717) is 11.5 Å². The summed E-state index contributed by atoms with van der Waals surface area (Å²) >= 11 is 3.40. The Balaban J connectivity index is 2.08. The summed E-state index contributed by atoms with van der Waals surface area (Å²) in [5.41, 5.74) is 1.88. The van der Waals surface area contributed by atoms with Gasteiger partial charge in [-0.05, 0) is 55.8 Å². The Kier molecular flexibility index (Phi) is 9.98. The van der Waals surface area contributed by atoms with Gasteiger partial charge in [0.1, 0.15) is 12.6 Å². The molecule has 3 aromatic rings. The summed E-state index contributed by atoms with van der Waals surface area (Å²) in [6.45, 7) is 3.01. The minimum absolute atomic E-state index is 0.0227. The van der Waals surface area contributed by atoms with Crippen LogP contribution in [0.25, 0.3) is 0 Å². The van der Waals surface area contributed by atoms with Crippen molar-refractivity contribution in [3.8, 4) is 11.5 Å². The van der Waals surface area contributed by atoms with Crippen molar-refractivity contribution >= 4 is 43.5 Å². The second-order valence-corrected chi connectivity index (χ2v) is 11.6. The summed E-state index contributed by atoms with van der Waals surface area (Å²) in [7, 11) is 0.209. The van der Waals surface area contributed by atoms with Crippen LogP contribution in [0.5, 0.6) is 11.5 Å². The summed E-state index contributed by atoms with van der Waals surface area (Å²) in [5.74, 6) is -0.221. The molecule has 2 amide bonds. The van der Waals surface area contributed by atoms with Crippen molar-refractivity contribution in [3.63, 3.8) is 0 Å². The molecule has 9 nitrogen and oxygen atoms in total. The lowest BCUT2D eigenvalue weighted by molar-refractivity contribution is -0.139. The maximum atomic E-state index is 13.9. The largest absolute Gasteiger partial charge is 0.493 e. The van der Waals surface area contributed by atoms with Crippen molar-refractivity contribution in [2.45, 2.75) is 31.3 Å². The van der Waals surface area contributed by atoms with Gasteiger partial charge in [0, 0.05) is 24.1 Å². The van der Waals surface area contributed by atoms with E-state index in [2.05, 4.69) is 21.2 Å². The number of nitrogens with one attached hydrogen (secondary N) is 1. The number of rotatable bonds is 11. The second kappa shape index (κ2) is 13.0. The minimum Gasteiger partial charge on any atom is -0.493 e. The van der Waals surface area contributed by atoms with Crippen LogP contribution in [0.1, 0.15) is 18.1 Å². The van der Waals surface area contributed by atoms with E-state index in [0.717, 1.165) is 19.9 Å². The predicted octanol–water partition coefficient (Wildman–Crippen LogP) is 4.13. The Labute approximate surface area is 237 Å². The number of hydrogen-bond donors (Lipinski definition) is 1. The zero-order valence-electron chi connectivity index (χ0n) is 22.5. The van der Waals surface area contributed by atoms with Crippen LogP contribution in [0.2, 0.25) is 0 Å². The van der Waals surface area contributed by atoms with Gasteiger partial charge in [0.25, 0.3) is 10.0 Å². The summed E-state index contributed by atoms with van der Waals surface area (Å²) in [5, 5.41) is 2.57. The number of likely N-dealkylation sites (N-methyl/N-ethyl adjacent to an activating group) is 1. The van der Waals surface area contributed by atoms with Crippen molar-refractivity contribution < 1.29 is 27.5 Å². The average Bonchev–Trinajstić information content (AvgIpc) is 2.94. The standard InChI is InChI=1S/C28H32BrN3O6S/c1-19-6-13-24(14-7-19)39(35,36)32(23-12-15-25(37-4)26(16-23)38-5)18-27(33)31(20(2)28(34)30-3)17-21-8-10-22(29)11-9-21/h6-16,20H,17-18H2,1-5H3,(H,30,34)/t20-/m1/s1. The topological polar surface area (TPSA) is 105 Å². The summed E-state index contributed by atoms with van der Waals surface area (Å²) in [6, 6.07) is 17.5. The van der Waals surface area contributed by atoms with Crippen molar-refractivity contribution in [2.24, 2.45) is 0 Å². The molecule has 0 radical (unpaired) electrons. The molecule has 0 saturated heterocycles. The Morgan fingerprint density at radius 2 is 1.56 bits per heavy atom. The minimum atomic E-state index is -4.19. The highest BCUT2D eigenvalue weighted by Crippen LogP contribution is 2.34. The van der Waals surface area contributed by atoms with E-state index in [-0.39, 0.29) is 23.0 Å². The second-order valence-electron chi connectivity index (χ2n) is 8.80. The molecule has 1 N–H and O–H groups in total. The molecule has 0 fully saturated rings. The molecule has 39 heavy (non-hydrogen) atoms. The first-order chi connectivity index (χ1) is 18.5. The smallest absolute Gasteiger partial charge is 0.264 e. The Hall–Kier alpha value is -3.57. The van der Waals surface area contributed by atoms with Crippen LogP contribution < -0.4 is 19.1 Å². The third kappa shape index (κ3) is 7.10. The first kappa shape index (κ1) is 30.0. The fourth-order valence-corrected chi connectivity index (χ4v) is 5.59. The summed E-state index contributed by atoms with van der Waals surface area (Å²) in [4.78, 5) is 27.8. The number of methoxy groups -OCH3 is 2. The van der Waals surface area contributed by atoms with Crippen molar-refractivity contribution in [3.05, 3.63) is 82.3 Å². The van der Waals surface area contributed by atoms with Crippen molar-refractivity contribution in [1.29, 1.82) is 0 Å². The van der Waals surface area contributed by atoms with Crippen LogP contribution in [0.15, 0.2) is 76.1 Å². The maximum absolute atomic E-state index is 13.9. The van der Waals surface area contributed by atoms with Gasteiger partial charge in [-0.25, -0.2) is 8.42 Å². The molecule has 0 spiro atoms. The van der Waals surface area contributed by atoms with Crippen LogP contribution >= 0.6 is 15.9 Å². The highest BCUT2D eigenvalue weighted by Gasteiger charge is 2.32. The molecule has 0 aliphatic carbocycles. The molecule has 0 aliphatic rings. The first-order valence-corrected chi connectivity index (χ1v) is 14.3. The molecule has 3 aromatic carbocycles. The fraction of sp³-hybridized carbons (Fsp3) is 0.286. The van der Waals surface area contributed by atoms with E-state index in [4.69, 9.17) is 9.47 Å². The van der Waals surface area contributed by atoms with Crippen LogP contribution in [0, 0.1) is 6.92 Å². The predicted molar refractivity (Wildman–Crippen MR) is 153 cm³/mol. The highest BCUT2D eigenvalue weighted by molar-refractivity contribution is 9.10. The third-order valence-electron chi connectivity index (χ3n) is 6.22. The normalized spacial score (nSPS) is 11.8. The monoisotopic (exact) mass is 617 g/mol. The third-order valence-corrected chi connectivity index (χ3v) is 8.54. The van der Waals surface area contributed by atoms with E-state index in [9.17, 15) is 18.0 Å². The van der Waals surface area contributed by atoms with E-state index >= 15 is 0 Å². The van der Waals surface area contributed by atoms with Gasteiger partial charge in [0.15, 0.2) is 11.5 Å². The molecule has 0 unspecified atom stereocenters. The van der Waals surface area contributed by atoms with Crippen LogP contribution in [-0.2, 0) is 26.2 Å². The maximum Gasteiger partial charge on any atom is 0.264 e. The molecular formula is C28H32BrN3O6S. The van der Waals surface area contributed by atoms with Gasteiger partial charge in [-0.3, -0.25) is 13.9 Å². The van der Waals surface area contributed by atoms with E-state index in [1.165, 1.54) is 44.4 Å². The van der Waals surface area contributed by atoms with Gasteiger partial charge in [-0.15, -0.1) is 0 Å².